The molecule has 4 aromatic carbocycles. The van der Waals surface area contributed by atoms with Gasteiger partial charge in [0.25, 0.3) is 5.91 Å². The Kier molecular flexibility index (Phi) is 7.46. The Morgan fingerprint density at radius 2 is 1.46 bits per heavy atom. The largest absolute Gasteiger partial charge is 0.496 e. The smallest absolute Gasteiger partial charge is 0.271 e. The number of para-hydroxylation sites is 1. The fourth-order valence-electron chi connectivity index (χ4n) is 4.21. The molecule has 5 rings (SSSR count). The molecule has 0 bridgehead atoms. The number of carbonyl (C=O) groups excluding carboxylic acids is 1. The maximum absolute atomic E-state index is 12.8. The van der Waals surface area contributed by atoms with E-state index in [0.717, 1.165) is 37.3 Å². The summed E-state index contributed by atoms with van der Waals surface area (Å²) in [5.74, 6) is 0.342. The fourth-order valence-corrected chi connectivity index (χ4v) is 4.77. The first-order chi connectivity index (χ1) is 18.2. The molecule has 0 radical (unpaired) electrons. The first-order valence-electron chi connectivity index (χ1n) is 11.7. The molecule has 0 aliphatic rings. The van der Waals surface area contributed by atoms with Gasteiger partial charge < -0.3 is 9.30 Å². The van der Waals surface area contributed by atoms with Crippen LogP contribution in [0.25, 0.3) is 28.2 Å². The molecule has 0 unspecified atom stereocenters. The lowest BCUT2D eigenvalue weighted by Crippen LogP contribution is -2.17. The number of hydrazone groups is 1. The molecule has 1 N–H and O–H groups in total. The Morgan fingerprint density at radius 1 is 0.838 bits per heavy atom. The number of methoxy groups -OCH3 is 1. The van der Waals surface area contributed by atoms with Gasteiger partial charge in [0.15, 0.2) is 0 Å². The van der Waals surface area contributed by atoms with Crippen LogP contribution in [0, 0.1) is 3.57 Å². The van der Waals surface area contributed by atoms with Crippen molar-refractivity contribution in [1.82, 2.24) is 9.99 Å². The van der Waals surface area contributed by atoms with Crippen LogP contribution in [-0.4, -0.2) is 23.8 Å². The molecule has 1 heterocycles. The Balaban J connectivity index is 1.59. The van der Waals surface area contributed by atoms with Crippen LogP contribution in [0.4, 0.5) is 0 Å². The highest BCUT2D eigenvalue weighted by atomic mass is 127. The van der Waals surface area contributed by atoms with Crippen molar-refractivity contribution in [2.45, 2.75) is 0 Å². The third-order valence-electron chi connectivity index (χ3n) is 5.94. The van der Waals surface area contributed by atoms with Crippen molar-refractivity contribution in [1.29, 1.82) is 0 Å². The second-order valence-corrected chi connectivity index (χ2v) is 9.45. The van der Waals surface area contributed by atoms with Gasteiger partial charge in [-0.25, -0.2) is 5.43 Å². The lowest BCUT2D eigenvalue weighted by Gasteiger charge is -2.15. The van der Waals surface area contributed by atoms with E-state index in [1.54, 1.807) is 25.5 Å². The molecule has 37 heavy (non-hydrogen) atoms. The summed E-state index contributed by atoms with van der Waals surface area (Å²) in [4.78, 5) is 12.8. The van der Waals surface area contributed by atoms with Gasteiger partial charge in [-0.3, -0.25) is 4.79 Å². The fraction of sp³-hybridized carbons (Fsp3) is 0.0323. The predicted octanol–water partition coefficient (Wildman–Crippen LogP) is 7.19. The molecule has 1 aromatic heterocycles. The summed E-state index contributed by atoms with van der Waals surface area (Å²) < 4.78 is 8.51. The second-order valence-electron chi connectivity index (χ2n) is 8.28. The average Bonchev–Trinajstić information content (AvgIpc) is 3.34. The van der Waals surface area contributed by atoms with E-state index < -0.39 is 0 Å². The second kappa shape index (κ2) is 11.3. The van der Waals surface area contributed by atoms with E-state index >= 15 is 0 Å². The molecule has 0 aliphatic carbocycles. The molecule has 0 atom stereocenters. The van der Waals surface area contributed by atoms with E-state index in [1.807, 2.05) is 60.7 Å². The molecule has 0 saturated heterocycles. The first kappa shape index (κ1) is 24.5. The van der Waals surface area contributed by atoms with Crippen LogP contribution in [0.2, 0.25) is 0 Å². The van der Waals surface area contributed by atoms with E-state index in [4.69, 9.17) is 4.74 Å². The highest BCUT2D eigenvalue weighted by Crippen LogP contribution is 2.35. The molecular formula is C31H24IN3O2. The molecule has 5 aromatic rings. The van der Waals surface area contributed by atoms with Gasteiger partial charge in [0, 0.05) is 16.8 Å². The van der Waals surface area contributed by atoms with Crippen LogP contribution in [0.3, 0.4) is 0 Å². The van der Waals surface area contributed by atoms with Gasteiger partial charge in [0.1, 0.15) is 5.75 Å². The molecule has 5 nitrogen and oxygen atoms in total. The zero-order chi connectivity index (χ0) is 25.6. The van der Waals surface area contributed by atoms with E-state index in [0.29, 0.717) is 11.3 Å². The lowest BCUT2D eigenvalue weighted by molar-refractivity contribution is 0.0954. The Hall–Kier alpha value is -4.17. The van der Waals surface area contributed by atoms with E-state index in [9.17, 15) is 4.79 Å². The SMILES string of the molecule is COc1cc(C(=O)N/N=C/c2cc(-c3ccccc3)n(-c3ccccc3)c2-c2ccccc2)ccc1I. The number of hydrogen-bond acceptors (Lipinski definition) is 3. The maximum Gasteiger partial charge on any atom is 0.271 e. The van der Waals surface area contributed by atoms with Gasteiger partial charge in [-0.15, -0.1) is 0 Å². The van der Waals surface area contributed by atoms with Crippen LogP contribution in [-0.2, 0) is 0 Å². The highest BCUT2D eigenvalue weighted by molar-refractivity contribution is 14.1. The van der Waals surface area contributed by atoms with Gasteiger partial charge in [0.2, 0.25) is 0 Å². The summed E-state index contributed by atoms with van der Waals surface area (Å²) in [5, 5.41) is 4.34. The van der Waals surface area contributed by atoms with Gasteiger partial charge in [0.05, 0.1) is 28.3 Å². The van der Waals surface area contributed by atoms with Gasteiger partial charge >= 0.3 is 0 Å². The molecule has 182 valence electrons. The Morgan fingerprint density at radius 3 is 2.11 bits per heavy atom. The summed E-state index contributed by atoms with van der Waals surface area (Å²) in [6.45, 7) is 0. The highest BCUT2D eigenvalue weighted by Gasteiger charge is 2.18. The van der Waals surface area contributed by atoms with Crippen molar-refractivity contribution in [2.75, 3.05) is 7.11 Å². The number of amides is 1. The molecule has 0 saturated carbocycles. The normalized spacial score (nSPS) is 11.0. The summed E-state index contributed by atoms with van der Waals surface area (Å²) in [6.07, 6.45) is 1.70. The minimum atomic E-state index is -0.307. The molecule has 0 fully saturated rings. The molecule has 0 spiro atoms. The van der Waals surface area contributed by atoms with Crippen molar-refractivity contribution in [2.24, 2.45) is 5.10 Å². The molecular weight excluding hydrogens is 573 g/mol. The van der Waals surface area contributed by atoms with Gasteiger partial charge in [-0.05, 0) is 70.1 Å². The maximum atomic E-state index is 12.8. The third kappa shape index (κ3) is 5.34. The quantitative estimate of drug-likeness (QED) is 0.123. The van der Waals surface area contributed by atoms with Gasteiger partial charge in [-0.2, -0.15) is 5.10 Å². The van der Waals surface area contributed by atoms with Crippen LogP contribution in [0.5, 0.6) is 5.75 Å². The molecule has 0 aliphatic heterocycles. The lowest BCUT2D eigenvalue weighted by atomic mass is 10.1. The number of hydrogen-bond donors (Lipinski definition) is 1. The van der Waals surface area contributed by atoms with E-state index in [2.05, 4.69) is 80.1 Å². The first-order valence-corrected chi connectivity index (χ1v) is 12.8. The van der Waals surface area contributed by atoms with Gasteiger partial charge in [-0.1, -0.05) is 78.9 Å². The topological polar surface area (TPSA) is 55.6 Å². The number of aromatic nitrogens is 1. The van der Waals surface area contributed by atoms with E-state index in [-0.39, 0.29) is 5.91 Å². The van der Waals surface area contributed by atoms with E-state index in [1.165, 1.54) is 0 Å². The summed E-state index contributed by atoms with van der Waals surface area (Å²) in [7, 11) is 1.59. The van der Waals surface area contributed by atoms with Crippen LogP contribution < -0.4 is 10.2 Å². The number of ether oxygens (including phenoxy) is 1. The zero-order valence-corrected chi connectivity index (χ0v) is 22.3. The predicted molar refractivity (Wildman–Crippen MR) is 157 cm³/mol. The number of carbonyl (C=O) groups is 1. The molecule has 6 heteroatoms. The summed E-state index contributed by atoms with van der Waals surface area (Å²) >= 11 is 2.17. The monoisotopic (exact) mass is 597 g/mol. The Bertz CT molecular complexity index is 1550. The zero-order valence-electron chi connectivity index (χ0n) is 20.1. The van der Waals surface area contributed by atoms with Crippen LogP contribution in [0.15, 0.2) is 120 Å². The van der Waals surface area contributed by atoms with Crippen molar-refractivity contribution in [3.05, 3.63) is 130 Å². The standard InChI is InChI=1S/C31H24IN3O2/c1-37-29-20-24(17-18-27(29)32)31(36)34-33-21-25-19-28(22-11-5-2-6-12-22)35(26-15-9-4-10-16-26)30(25)23-13-7-3-8-14-23/h2-21H,1H3,(H,34,36)/b33-21+. The van der Waals surface area contributed by atoms with Crippen molar-refractivity contribution >= 4 is 34.7 Å². The minimum Gasteiger partial charge on any atom is -0.496 e. The average molecular weight is 597 g/mol. The number of rotatable bonds is 7. The third-order valence-corrected chi connectivity index (χ3v) is 6.84. The van der Waals surface area contributed by atoms with Crippen LogP contribution >= 0.6 is 22.6 Å². The van der Waals surface area contributed by atoms with Crippen molar-refractivity contribution < 1.29 is 9.53 Å². The van der Waals surface area contributed by atoms with Crippen molar-refractivity contribution in [3.8, 4) is 34.0 Å². The minimum absolute atomic E-state index is 0.307. The van der Waals surface area contributed by atoms with Crippen molar-refractivity contribution in [3.63, 3.8) is 0 Å². The number of benzene rings is 4. The molecule has 1 amide bonds. The Labute approximate surface area is 229 Å². The summed E-state index contributed by atoms with van der Waals surface area (Å²) in [6, 6.07) is 38.1. The number of halogens is 1. The summed E-state index contributed by atoms with van der Waals surface area (Å²) in [5.41, 5.74) is 9.21. The number of nitrogens with zero attached hydrogens (tertiary/aromatic N) is 2. The van der Waals surface area contributed by atoms with Crippen LogP contribution in [0.1, 0.15) is 15.9 Å². The number of nitrogens with one attached hydrogen (secondary N) is 1.